The first-order valence-corrected chi connectivity index (χ1v) is 16.2. The normalized spacial score (nSPS) is 23.9. The Morgan fingerprint density at radius 2 is 1.87 bits per heavy atom. The van der Waals surface area contributed by atoms with E-state index in [0.29, 0.717) is 30.6 Å². The van der Waals surface area contributed by atoms with E-state index in [1.807, 2.05) is 19.2 Å². The molecule has 2 aliphatic carbocycles. The number of rotatable bonds is 9. The number of aliphatic hydroxyl groups excluding tert-OH is 2. The van der Waals surface area contributed by atoms with Crippen LogP contribution in [0.25, 0.3) is 20.8 Å². The third-order valence-electron chi connectivity index (χ3n) is 7.41. The van der Waals surface area contributed by atoms with Crippen molar-refractivity contribution < 1.29 is 18.6 Å². The number of hydrogen-bond donors (Lipinski definition) is 4. The first-order chi connectivity index (χ1) is 18.3. The minimum Gasteiger partial charge on any atom is -0.390 e. The number of nitrogens with one attached hydrogen (secondary N) is 2. The molecular weight excluding hydrogens is 536 g/mol. The Kier molecular flexibility index (Phi) is 7.60. The van der Waals surface area contributed by atoms with Crippen molar-refractivity contribution >= 4 is 43.2 Å². The summed E-state index contributed by atoms with van der Waals surface area (Å²) in [5.74, 6) is 0.666. The molecule has 0 saturated heterocycles. The average Bonchev–Trinajstić information content (AvgIpc) is 3.57. The number of sulfone groups is 1. The van der Waals surface area contributed by atoms with Gasteiger partial charge in [-0.1, -0.05) is 27.7 Å². The number of pyridine rings is 1. The summed E-state index contributed by atoms with van der Waals surface area (Å²) >= 11 is 1.55. The van der Waals surface area contributed by atoms with Crippen molar-refractivity contribution in [1.29, 1.82) is 0 Å². The van der Waals surface area contributed by atoms with Gasteiger partial charge in [-0.05, 0) is 37.7 Å². The Balaban J connectivity index is 1.52. The van der Waals surface area contributed by atoms with Crippen LogP contribution in [-0.4, -0.2) is 74.9 Å². The van der Waals surface area contributed by atoms with Gasteiger partial charge in [0.15, 0.2) is 0 Å². The van der Waals surface area contributed by atoms with Gasteiger partial charge in [-0.3, -0.25) is 4.98 Å². The zero-order valence-corrected chi connectivity index (χ0v) is 24.7. The summed E-state index contributed by atoms with van der Waals surface area (Å²) in [5, 5.41) is 29.0. The fraction of sp³-hybridized carbons (Fsp3) is 0.630. The van der Waals surface area contributed by atoms with Crippen LogP contribution in [0.15, 0.2) is 12.3 Å². The number of aryl methyl sites for hydroxylation is 1. The fourth-order valence-corrected chi connectivity index (χ4v) is 7.34. The molecular formula is C27H38N6O4S2. The van der Waals surface area contributed by atoms with Gasteiger partial charge in [-0.2, -0.15) is 4.98 Å². The first kappa shape index (κ1) is 28.1. The lowest BCUT2D eigenvalue weighted by molar-refractivity contribution is 0.0216. The van der Waals surface area contributed by atoms with E-state index >= 15 is 0 Å². The zero-order valence-electron chi connectivity index (χ0n) is 23.1. The highest BCUT2D eigenvalue weighted by Gasteiger charge is 2.43. The van der Waals surface area contributed by atoms with Gasteiger partial charge in [0.25, 0.3) is 0 Å². The van der Waals surface area contributed by atoms with E-state index in [0.717, 1.165) is 45.0 Å². The van der Waals surface area contributed by atoms with E-state index in [1.54, 1.807) is 18.3 Å². The predicted octanol–water partition coefficient (Wildman–Crippen LogP) is 3.75. The standard InChI is InChI=1S/C27H38N6O4S2/c1-6-39(36,37)12-16-11-17(23(35)22(16)34)31-24-19(14(2)30-26(33-24)29-13-27(3,4)5)25-32-21-18(38-25)9-10-28-20(21)15-7-8-15/h9-10,15-17,22-23,34-35H,6-8,11-13H2,1-5H3,(H2,29,30,31,33)/t16-,17-,22-,23+/m1/s1. The van der Waals surface area contributed by atoms with Crippen molar-refractivity contribution in [1.82, 2.24) is 19.9 Å². The lowest BCUT2D eigenvalue weighted by Gasteiger charge is -2.22. The molecule has 4 atom stereocenters. The smallest absolute Gasteiger partial charge is 0.224 e. The minimum atomic E-state index is -3.31. The van der Waals surface area contributed by atoms with Crippen molar-refractivity contribution in [2.45, 2.75) is 78.0 Å². The van der Waals surface area contributed by atoms with Gasteiger partial charge in [-0.15, -0.1) is 11.3 Å². The van der Waals surface area contributed by atoms with Crippen molar-refractivity contribution in [3.8, 4) is 10.6 Å². The third-order valence-corrected chi connectivity index (χ3v) is 10.3. The molecule has 0 aromatic carbocycles. The van der Waals surface area contributed by atoms with Crippen molar-refractivity contribution in [2.75, 3.05) is 28.7 Å². The molecule has 212 valence electrons. The summed E-state index contributed by atoms with van der Waals surface area (Å²) in [6, 6.07) is 1.39. The van der Waals surface area contributed by atoms with E-state index in [2.05, 4.69) is 36.4 Å². The van der Waals surface area contributed by atoms with Crippen LogP contribution in [0.3, 0.4) is 0 Å². The van der Waals surface area contributed by atoms with Crippen molar-refractivity contribution in [2.24, 2.45) is 11.3 Å². The van der Waals surface area contributed by atoms with Crippen LogP contribution in [0, 0.1) is 18.3 Å². The molecule has 2 fully saturated rings. The number of aromatic nitrogens is 4. The van der Waals surface area contributed by atoms with Crippen LogP contribution in [0.1, 0.15) is 64.3 Å². The third kappa shape index (κ3) is 6.18. The van der Waals surface area contributed by atoms with Gasteiger partial charge in [0.2, 0.25) is 5.95 Å². The molecule has 5 rings (SSSR count). The van der Waals surface area contributed by atoms with Crippen LogP contribution in [0.5, 0.6) is 0 Å². The second kappa shape index (κ2) is 10.5. The van der Waals surface area contributed by atoms with E-state index in [-0.39, 0.29) is 16.9 Å². The Hall–Kier alpha value is -2.41. The maximum atomic E-state index is 12.3. The van der Waals surface area contributed by atoms with Crippen LogP contribution in [-0.2, 0) is 9.84 Å². The van der Waals surface area contributed by atoms with Gasteiger partial charge in [0.05, 0.1) is 39.5 Å². The summed E-state index contributed by atoms with van der Waals surface area (Å²) in [6.45, 7) is 10.5. The molecule has 12 heteroatoms. The van der Waals surface area contributed by atoms with E-state index in [9.17, 15) is 18.6 Å². The Morgan fingerprint density at radius 3 is 2.54 bits per heavy atom. The molecule has 2 aliphatic rings. The number of anilines is 2. The maximum Gasteiger partial charge on any atom is 0.224 e. The number of thiazole rings is 1. The molecule has 0 amide bonds. The predicted molar refractivity (Wildman–Crippen MR) is 155 cm³/mol. The Labute approximate surface area is 233 Å². The number of nitrogens with zero attached hydrogens (tertiary/aromatic N) is 4. The molecule has 3 aromatic rings. The highest BCUT2D eigenvalue weighted by atomic mass is 32.2. The molecule has 0 radical (unpaired) electrons. The van der Waals surface area contributed by atoms with Crippen molar-refractivity contribution in [3.63, 3.8) is 0 Å². The lowest BCUT2D eigenvalue weighted by Crippen LogP contribution is -2.36. The van der Waals surface area contributed by atoms with Gasteiger partial charge in [-0.25, -0.2) is 18.4 Å². The molecule has 0 spiro atoms. The summed E-state index contributed by atoms with van der Waals surface area (Å²) in [7, 11) is -3.31. The van der Waals surface area contributed by atoms with E-state index in [4.69, 9.17) is 15.0 Å². The highest BCUT2D eigenvalue weighted by molar-refractivity contribution is 7.91. The molecule has 10 nitrogen and oxygen atoms in total. The summed E-state index contributed by atoms with van der Waals surface area (Å²) in [4.78, 5) is 19.1. The van der Waals surface area contributed by atoms with Crippen LogP contribution < -0.4 is 10.6 Å². The SMILES string of the molecule is CCS(=O)(=O)C[C@H]1C[C@@H](Nc2nc(NCC(C)(C)C)nc(C)c2-c2nc3c(C4CC4)nccc3s2)[C@H](O)[C@@H]1O. The van der Waals surface area contributed by atoms with Gasteiger partial charge < -0.3 is 20.8 Å². The molecule has 2 saturated carbocycles. The molecule has 0 bridgehead atoms. The largest absolute Gasteiger partial charge is 0.390 e. The highest BCUT2D eigenvalue weighted by Crippen LogP contribution is 2.44. The topological polar surface area (TPSA) is 150 Å². The molecule has 0 unspecified atom stereocenters. The molecule has 0 aliphatic heterocycles. The minimum absolute atomic E-state index is 0.00220. The van der Waals surface area contributed by atoms with Gasteiger partial charge in [0.1, 0.15) is 32.3 Å². The van der Waals surface area contributed by atoms with Gasteiger partial charge in [0, 0.05) is 30.3 Å². The number of aliphatic hydroxyl groups is 2. The molecule has 3 aromatic heterocycles. The second-order valence-electron chi connectivity index (χ2n) is 12.0. The van der Waals surface area contributed by atoms with E-state index < -0.39 is 34.0 Å². The summed E-state index contributed by atoms with van der Waals surface area (Å²) < 4.78 is 25.6. The fourth-order valence-electron chi connectivity index (χ4n) is 5.05. The lowest BCUT2D eigenvalue weighted by atomic mass is 9.97. The van der Waals surface area contributed by atoms with E-state index in [1.165, 1.54) is 0 Å². The average molecular weight is 575 g/mol. The number of hydrogen-bond acceptors (Lipinski definition) is 11. The second-order valence-corrected chi connectivity index (χ2v) is 15.5. The molecule has 4 N–H and O–H groups in total. The van der Waals surface area contributed by atoms with Crippen LogP contribution in [0.4, 0.5) is 11.8 Å². The molecule has 39 heavy (non-hydrogen) atoms. The van der Waals surface area contributed by atoms with Crippen LogP contribution in [0.2, 0.25) is 0 Å². The summed E-state index contributed by atoms with van der Waals surface area (Å²) in [5.41, 5.74) is 3.39. The van der Waals surface area contributed by atoms with Crippen molar-refractivity contribution in [3.05, 3.63) is 23.7 Å². The zero-order chi connectivity index (χ0) is 28.1. The first-order valence-electron chi connectivity index (χ1n) is 13.6. The van der Waals surface area contributed by atoms with Gasteiger partial charge >= 0.3 is 0 Å². The summed E-state index contributed by atoms with van der Waals surface area (Å²) in [6.07, 6.45) is 2.09. The maximum absolute atomic E-state index is 12.3. The van der Waals surface area contributed by atoms with Crippen LogP contribution >= 0.6 is 11.3 Å². The monoisotopic (exact) mass is 574 g/mol. The Bertz CT molecular complexity index is 1460. The quantitative estimate of drug-likeness (QED) is 0.297. The Morgan fingerprint density at radius 1 is 1.13 bits per heavy atom. The molecule has 3 heterocycles. The number of fused-ring (bicyclic) bond motifs is 1.